The lowest BCUT2D eigenvalue weighted by Gasteiger charge is -2.19. The van der Waals surface area contributed by atoms with Crippen LogP contribution in [0, 0.1) is 0 Å². The van der Waals surface area contributed by atoms with Gasteiger partial charge in [0.2, 0.25) is 0 Å². The third-order valence-electron chi connectivity index (χ3n) is 3.27. The van der Waals surface area contributed by atoms with Crippen molar-refractivity contribution >= 4 is 21.9 Å². The van der Waals surface area contributed by atoms with E-state index in [-0.39, 0.29) is 5.97 Å². The molecule has 2 aromatic rings. The van der Waals surface area contributed by atoms with Gasteiger partial charge in [0.1, 0.15) is 6.33 Å². The minimum atomic E-state index is -0.336. The molecule has 0 aliphatic carbocycles. The normalized spacial score (nSPS) is 12.7. The first-order valence-corrected chi connectivity index (χ1v) is 7.02. The second-order valence-electron chi connectivity index (χ2n) is 4.40. The van der Waals surface area contributed by atoms with E-state index in [0.29, 0.717) is 12.3 Å². The Labute approximate surface area is 119 Å². The number of carbonyl (C=O) groups is 1. The molecule has 1 aliphatic rings. The fourth-order valence-electron chi connectivity index (χ4n) is 2.43. The molecule has 19 heavy (non-hydrogen) atoms. The smallest absolute Gasteiger partial charge is 0.358 e. The van der Waals surface area contributed by atoms with Gasteiger partial charge in [-0.1, -0.05) is 15.9 Å². The number of halogens is 1. The molecule has 5 heteroatoms. The van der Waals surface area contributed by atoms with Crippen molar-refractivity contribution in [2.24, 2.45) is 0 Å². The Morgan fingerprint density at radius 2 is 2.32 bits per heavy atom. The molecule has 0 saturated heterocycles. The first-order valence-electron chi connectivity index (χ1n) is 6.23. The molecule has 0 fully saturated rings. The summed E-state index contributed by atoms with van der Waals surface area (Å²) in [6.45, 7) is 2.17. The van der Waals surface area contributed by atoms with Crippen LogP contribution in [-0.4, -0.2) is 22.1 Å². The SMILES string of the molecule is CCOC(=O)c1ncn2c1CCc1cc(Br)ccc1-2. The van der Waals surface area contributed by atoms with E-state index in [2.05, 4.69) is 27.0 Å². The van der Waals surface area contributed by atoms with Crippen LogP contribution in [0.1, 0.15) is 28.7 Å². The maximum absolute atomic E-state index is 11.8. The van der Waals surface area contributed by atoms with Gasteiger partial charge in [-0.15, -0.1) is 0 Å². The van der Waals surface area contributed by atoms with E-state index in [1.54, 1.807) is 13.3 Å². The van der Waals surface area contributed by atoms with Crippen LogP contribution < -0.4 is 0 Å². The highest BCUT2D eigenvalue weighted by Gasteiger charge is 2.24. The van der Waals surface area contributed by atoms with Gasteiger partial charge in [-0.05, 0) is 43.5 Å². The topological polar surface area (TPSA) is 44.1 Å². The molecule has 98 valence electrons. The molecule has 1 aliphatic heterocycles. The van der Waals surface area contributed by atoms with Crippen molar-refractivity contribution < 1.29 is 9.53 Å². The predicted octanol–water partition coefficient (Wildman–Crippen LogP) is 2.91. The molecule has 0 spiro atoms. The summed E-state index contributed by atoms with van der Waals surface area (Å²) < 4.78 is 8.09. The molecule has 0 saturated carbocycles. The summed E-state index contributed by atoms with van der Waals surface area (Å²) in [6.07, 6.45) is 3.41. The molecule has 4 nitrogen and oxygen atoms in total. The second-order valence-corrected chi connectivity index (χ2v) is 5.32. The number of ether oxygens (including phenoxy) is 1. The van der Waals surface area contributed by atoms with Crippen LogP contribution in [0.15, 0.2) is 29.0 Å². The number of fused-ring (bicyclic) bond motifs is 3. The summed E-state index contributed by atoms with van der Waals surface area (Å²) in [7, 11) is 0. The van der Waals surface area contributed by atoms with Gasteiger partial charge in [0.15, 0.2) is 5.69 Å². The summed E-state index contributed by atoms with van der Waals surface area (Å²) in [6, 6.07) is 6.15. The second kappa shape index (κ2) is 4.81. The van der Waals surface area contributed by atoms with E-state index in [9.17, 15) is 4.79 Å². The molecule has 1 aromatic heterocycles. The highest BCUT2D eigenvalue weighted by atomic mass is 79.9. The third-order valence-corrected chi connectivity index (χ3v) is 3.76. The first-order chi connectivity index (χ1) is 9.20. The lowest BCUT2D eigenvalue weighted by Crippen LogP contribution is -2.15. The van der Waals surface area contributed by atoms with Gasteiger partial charge in [-0.3, -0.25) is 0 Å². The number of rotatable bonds is 2. The van der Waals surface area contributed by atoms with Gasteiger partial charge in [0.05, 0.1) is 18.0 Å². The molecule has 3 rings (SSSR count). The third kappa shape index (κ3) is 2.08. The van der Waals surface area contributed by atoms with Gasteiger partial charge >= 0.3 is 5.97 Å². The Balaban J connectivity index is 2.07. The number of hydrogen-bond donors (Lipinski definition) is 0. The van der Waals surface area contributed by atoms with Crippen LogP contribution in [0.4, 0.5) is 0 Å². The summed E-state index contributed by atoms with van der Waals surface area (Å²) in [5.41, 5.74) is 3.73. The lowest BCUT2D eigenvalue weighted by atomic mass is 10.0. The Bertz CT molecular complexity index is 649. The number of carbonyl (C=O) groups excluding carboxylic acids is 1. The zero-order valence-corrected chi connectivity index (χ0v) is 12.1. The average molecular weight is 321 g/mol. The Morgan fingerprint density at radius 1 is 1.47 bits per heavy atom. The molecular formula is C14H13BrN2O2. The molecule has 0 bridgehead atoms. The van der Waals surface area contributed by atoms with Crippen LogP contribution in [0.3, 0.4) is 0 Å². The van der Waals surface area contributed by atoms with Crippen LogP contribution in [0.2, 0.25) is 0 Å². The minimum absolute atomic E-state index is 0.336. The molecule has 2 heterocycles. The largest absolute Gasteiger partial charge is 0.461 e. The Hall–Kier alpha value is -1.62. The van der Waals surface area contributed by atoms with Gasteiger partial charge in [0.25, 0.3) is 0 Å². The summed E-state index contributed by atoms with van der Waals surface area (Å²) in [5.74, 6) is -0.336. The predicted molar refractivity (Wildman–Crippen MR) is 74.6 cm³/mol. The molecule has 0 N–H and O–H groups in total. The zero-order chi connectivity index (χ0) is 13.4. The van der Waals surface area contributed by atoms with Crippen molar-refractivity contribution in [3.8, 4) is 5.69 Å². The number of imidazole rings is 1. The molecule has 0 radical (unpaired) electrons. The number of aromatic nitrogens is 2. The minimum Gasteiger partial charge on any atom is -0.461 e. The standard InChI is InChI=1S/C14H13BrN2O2/c1-2-19-14(18)13-12-5-3-9-7-10(15)4-6-11(9)17(12)8-16-13/h4,6-8H,2-3,5H2,1H3. The molecule has 0 amide bonds. The maximum atomic E-state index is 11.8. The first kappa shape index (κ1) is 12.4. The van der Waals surface area contributed by atoms with E-state index in [0.717, 1.165) is 28.7 Å². The highest BCUT2D eigenvalue weighted by Crippen LogP contribution is 2.28. The van der Waals surface area contributed by atoms with Crippen molar-refractivity contribution in [3.63, 3.8) is 0 Å². The van der Waals surface area contributed by atoms with E-state index in [4.69, 9.17) is 4.74 Å². The summed E-state index contributed by atoms with van der Waals surface area (Å²) in [5, 5.41) is 0. The van der Waals surface area contributed by atoms with E-state index < -0.39 is 0 Å². The Morgan fingerprint density at radius 3 is 3.11 bits per heavy atom. The monoisotopic (exact) mass is 320 g/mol. The van der Waals surface area contributed by atoms with Crippen molar-refractivity contribution in [1.82, 2.24) is 9.55 Å². The van der Waals surface area contributed by atoms with E-state index in [1.165, 1.54) is 5.56 Å². The Kier molecular flexibility index (Phi) is 3.14. The van der Waals surface area contributed by atoms with Crippen LogP contribution in [0.5, 0.6) is 0 Å². The van der Waals surface area contributed by atoms with Crippen molar-refractivity contribution in [2.45, 2.75) is 19.8 Å². The highest BCUT2D eigenvalue weighted by molar-refractivity contribution is 9.10. The van der Waals surface area contributed by atoms with Gasteiger partial charge in [-0.2, -0.15) is 0 Å². The molecule has 0 atom stereocenters. The summed E-state index contributed by atoms with van der Waals surface area (Å²) in [4.78, 5) is 16.1. The summed E-state index contributed by atoms with van der Waals surface area (Å²) >= 11 is 3.48. The van der Waals surface area contributed by atoms with Crippen molar-refractivity contribution in [2.75, 3.05) is 6.61 Å². The number of nitrogens with zero attached hydrogens (tertiary/aromatic N) is 2. The van der Waals surface area contributed by atoms with Gasteiger partial charge < -0.3 is 9.30 Å². The van der Waals surface area contributed by atoms with Crippen LogP contribution in [0.25, 0.3) is 5.69 Å². The van der Waals surface area contributed by atoms with E-state index >= 15 is 0 Å². The number of hydrogen-bond acceptors (Lipinski definition) is 3. The lowest BCUT2D eigenvalue weighted by molar-refractivity contribution is 0.0518. The van der Waals surface area contributed by atoms with Crippen LogP contribution >= 0.6 is 15.9 Å². The number of esters is 1. The fourth-order valence-corrected chi connectivity index (χ4v) is 2.84. The number of benzene rings is 1. The van der Waals surface area contributed by atoms with Crippen LogP contribution in [-0.2, 0) is 17.6 Å². The molecular weight excluding hydrogens is 308 g/mol. The van der Waals surface area contributed by atoms with Gasteiger partial charge in [0, 0.05) is 4.47 Å². The molecule has 1 aromatic carbocycles. The quantitative estimate of drug-likeness (QED) is 0.799. The maximum Gasteiger partial charge on any atom is 0.358 e. The fraction of sp³-hybridized carbons (Fsp3) is 0.286. The molecule has 0 unspecified atom stereocenters. The average Bonchev–Trinajstić information content (AvgIpc) is 2.82. The van der Waals surface area contributed by atoms with Crippen molar-refractivity contribution in [1.29, 1.82) is 0 Å². The zero-order valence-electron chi connectivity index (χ0n) is 10.5. The van der Waals surface area contributed by atoms with Crippen molar-refractivity contribution in [3.05, 3.63) is 46.0 Å². The van der Waals surface area contributed by atoms with Gasteiger partial charge in [-0.25, -0.2) is 9.78 Å². The number of aryl methyl sites for hydroxylation is 1. The van der Waals surface area contributed by atoms with E-state index in [1.807, 2.05) is 16.7 Å².